The van der Waals surface area contributed by atoms with Crippen molar-refractivity contribution in [3.05, 3.63) is 66.8 Å². The maximum absolute atomic E-state index is 11.9. The predicted octanol–water partition coefficient (Wildman–Crippen LogP) is 7.53. The molecule has 4 aromatic rings. The maximum atomic E-state index is 11.9. The molecule has 0 unspecified atom stereocenters. The lowest BCUT2D eigenvalue weighted by molar-refractivity contribution is 0.0483. The van der Waals surface area contributed by atoms with Gasteiger partial charge < -0.3 is 4.74 Å². The Hall–Kier alpha value is -4.83. The minimum Gasteiger partial charge on any atom is -0.461 e. The quantitative estimate of drug-likeness (QED) is 0.0389. The number of carbonyl (C=O) groups excluding carboxylic acids is 4. The monoisotopic (exact) mass is 866 g/mol. The molecule has 296 valence electrons. The highest BCUT2D eigenvalue weighted by molar-refractivity contribution is 14.1. The van der Waals surface area contributed by atoms with Gasteiger partial charge in [-0.1, -0.05) is 25.2 Å². The number of carbonyl (C=O) groups is 4. The molecule has 0 aliphatic carbocycles. The van der Waals surface area contributed by atoms with E-state index in [2.05, 4.69) is 67.7 Å². The number of unbranched alkanes of at least 4 members (excludes halogenated alkanes) is 3. The van der Waals surface area contributed by atoms with E-state index < -0.39 is 0 Å². The van der Waals surface area contributed by atoms with Crippen LogP contribution < -0.4 is 0 Å². The molecule has 13 nitrogen and oxygen atoms in total. The highest BCUT2D eigenvalue weighted by atomic mass is 127. The zero-order chi connectivity index (χ0) is 41.2. The highest BCUT2D eigenvalue weighted by Crippen LogP contribution is 2.18. The van der Waals surface area contributed by atoms with Gasteiger partial charge in [0.2, 0.25) is 0 Å². The first-order chi connectivity index (χ1) is 26.1. The Morgan fingerprint density at radius 3 is 1.69 bits per heavy atom. The van der Waals surface area contributed by atoms with E-state index in [1.54, 1.807) is 44.7 Å². The van der Waals surface area contributed by atoms with Crippen molar-refractivity contribution < 1.29 is 23.9 Å². The van der Waals surface area contributed by atoms with Crippen LogP contribution in [0.15, 0.2) is 12.1 Å². The second-order valence-electron chi connectivity index (χ2n) is 12.8. The van der Waals surface area contributed by atoms with Gasteiger partial charge in [-0.3, -0.25) is 33.1 Å². The molecule has 0 spiro atoms. The first-order valence-electron chi connectivity index (χ1n) is 18.6. The number of esters is 1. The van der Waals surface area contributed by atoms with Crippen molar-refractivity contribution >= 4 is 45.9 Å². The van der Waals surface area contributed by atoms with Crippen LogP contribution in [0.2, 0.25) is 0 Å². The second-order valence-corrected chi connectivity index (χ2v) is 13.9. The molecule has 0 bridgehead atoms. The lowest BCUT2D eigenvalue weighted by Gasteiger charge is -2.05. The van der Waals surface area contributed by atoms with Gasteiger partial charge in [-0.05, 0) is 95.5 Å². The van der Waals surface area contributed by atoms with Gasteiger partial charge in [0.1, 0.15) is 17.1 Å². The Morgan fingerprint density at radius 1 is 0.709 bits per heavy atom. The number of halogens is 1. The van der Waals surface area contributed by atoms with Crippen LogP contribution in [0.5, 0.6) is 0 Å². The molecule has 4 heterocycles. The van der Waals surface area contributed by atoms with Crippen LogP contribution in [-0.4, -0.2) is 69.0 Å². The molecule has 0 atom stereocenters. The van der Waals surface area contributed by atoms with E-state index in [0.717, 1.165) is 58.5 Å². The predicted molar refractivity (Wildman–Crippen MR) is 221 cm³/mol. The van der Waals surface area contributed by atoms with Crippen LogP contribution in [-0.2, 0) is 30.9 Å². The molecule has 0 radical (unpaired) electrons. The Kier molecular flexibility index (Phi) is 19.5. The first-order valence-corrected chi connectivity index (χ1v) is 19.7. The van der Waals surface area contributed by atoms with Gasteiger partial charge in [0.15, 0.2) is 23.0 Å². The second kappa shape index (κ2) is 23.2. The largest absolute Gasteiger partial charge is 0.461 e. The van der Waals surface area contributed by atoms with Crippen molar-refractivity contribution in [2.45, 2.75) is 134 Å². The summed E-state index contributed by atoms with van der Waals surface area (Å²) < 4.78 is 13.0. The number of ether oxygens (including phenoxy) is 1. The standard InChI is InChI=1S/C19H24N4O2.C11H17IN2O2.C11H14N2O/c1-6-22-19(16(5)25)17(14(3)21-22)10-8-7-9-11-23-18(15(4)24)12-13(2)20-23;1-4-6-7-16-11(15)10-9(12)8(3)13-14(10)5-2;1-4-5-6-7-13-11(10(3)14)8-9(2)12-13/h12H,6-7,9,11H2,1-5H3;4-7H2,1-3H3;1,8H,5-7H2,2-3H3. The van der Waals surface area contributed by atoms with Gasteiger partial charge in [0.05, 0.1) is 38.5 Å². The van der Waals surface area contributed by atoms with Crippen molar-refractivity contribution in [1.82, 2.24) is 39.1 Å². The Morgan fingerprint density at radius 2 is 1.22 bits per heavy atom. The number of terminal acetylenes is 1. The van der Waals surface area contributed by atoms with E-state index in [-0.39, 0.29) is 23.3 Å². The number of nitrogens with zero attached hydrogens (tertiary/aromatic N) is 8. The van der Waals surface area contributed by atoms with Gasteiger partial charge in [-0.2, -0.15) is 20.4 Å². The summed E-state index contributed by atoms with van der Waals surface area (Å²) in [7, 11) is 0. The first kappa shape index (κ1) is 46.3. The summed E-state index contributed by atoms with van der Waals surface area (Å²) in [6.45, 7) is 21.3. The van der Waals surface area contributed by atoms with Crippen molar-refractivity contribution in [2.24, 2.45) is 0 Å². The van der Waals surface area contributed by atoms with Crippen molar-refractivity contribution in [3.63, 3.8) is 0 Å². The number of hydrogen-bond acceptors (Lipinski definition) is 9. The molecule has 4 rings (SSSR count). The third-order valence-electron chi connectivity index (χ3n) is 8.14. The summed E-state index contributed by atoms with van der Waals surface area (Å²) in [5, 5.41) is 17.2. The topological polar surface area (TPSA) is 149 Å². The molecule has 0 N–H and O–H groups in total. The van der Waals surface area contributed by atoms with E-state index in [0.29, 0.717) is 67.5 Å². The van der Waals surface area contributed by atoms with E-state index in [9.17, 15) is 19.2 Å². The van der Waals surface area contributed by atoms with Crippen LogP contribution >= 0.6 is 22.6 Å². The molecule has 0 amide bonds. The average molecular weight is 867 g/mol. The van der Waals surface area contributed by atoms with Gasteiger partial charge in [0.25, 0.3) is 0 Å². The number of rotatable bonds is 15. The summed E-state index contributed by atoms with van der Waals surface area (Å²) in [5.74, 6) is 8.56. The molecule has 0 aliphatic rings. The molecule has 0 saturated heterocycles. The third-order valence-corrected chi connectivity index (χ3v) is 9.43. The van der Waals surface area contributed by atoms with Crippen molar-refractivity contribution in [1.29, 1.82) is 0 Å². The normalized spacial score (nSPS) is 10.3. The average Bonchev–Trinajstić information content (AvgIpc) is 3.87. The Labute approximate surface area is 339 Å². The lowest BCUT2D eigenvalue weighted by Crippen LogP contribution is -2.14. The van der Waals surface area contributed by atoms with Crippen molar-refractivity contribution in [3.8, 4) is 24.2 Å². The fraction of sp³-hybridized carbons (Fsp3) is 0.512. The molecule has 4 aromatic heterocycles. The summed E-state index contributed by atoms with van der Waals surface area (Å²) in [6.07, 6.45) is 10.1. The molecule has 55 heavy (non-hydrogen) atoms. The SMILES string of the molecule is C#CCCCn1nc(C)cc1C(C)=O.CCCCOC(=O)c1c(I)c(C)nn1CC.CCn1nc(C)c(C#CCCCn2nc(C)cc2C(C)=O)c1C(C)=O. The van der Waals surface area contributed by atoms with Gasteiger partial charge in [0, 0.05) is 59.8 Å². The summed E-state index contributed by atoms with van der Waals surface area (Å²) in [4.78, 5) is 46.5. The van der Waals surface area contributed by atoms with Crippen LogP contribution in [0.3, 0.4) is 0 Å². The van der Waals surface area contributed by atoms with Gasteiger partial charge in [-0.15, -0.1) is 12.3 Å². The fourth-order valence-corrected chi connectivity index (χ4v) is 6.08. The van der Waals surface area contributed by atoms with E-state index in [4.69, 9.17) is 11.2 Å². The number of ketones is 3. The number of hydrogen-bond donors (Lipinski definition) is 0. The van der Waals surface area contributed by atoms with Gasteiger partial charge >= 0.3 is 5.97 Å². The molecule has 0 saturated carbocycles. The summed E-state index contributed by atoms with van der Waals surface area (Å²) in [6, 6.07) is 3.61. The number of aromatic nitrogens is 8. The summed E-state index contributed by atoms with van der Waals surface area (Å²) >= 11 is 2.14. The smallest absolute Gasteiger partial charge is 0.357 e. The Bertz CT molecular complexity index is 2050. The molecular formula is C41H55IN8O5. The molecular weight excluding hydrogens is 811 g/mol. The zero-order valence-electron chi connectivity index (χ0n) is 34.0. The van der Waals surface area contributed by atoms with Gasteiger partial charge in [-0.25, -0.2) is 4.79 Å². The van der Waals surface area contributed by atoms with E-state index in [1.165, 1.54) is 6.92 Å². The molecule has 0 aliphatic heterocycles. The molecule has 14 heteroatoms. The third kappa shape index (κ3) is 13.8. The minimum atomic E-state index is -0.264. The zero-order valence-corrected chi connectivity index (χ0v) is 36.2. The minimum absolute atomic E-state index is 0.0142. The number of aryl methyl sites for hydroxylation is 8. The fourth-order valence-electron chi connectivity index (χ4n) is 5.48. The van der Waals surface area contributed by atoms with E-state index in [1.807, 2.05) is 41.5 Å². The summed E-state index contributed by atoms with van der Waals surface area (Å²) in [5.41, 5.74) is 6.54. The highest BCUT2D eigenvalue weighted by Gasteiger charge is 2.20. The number of Topliss-reactive ketones (excluding diaryl/α,β-unsaturated/α-hetero) is 3. The lowest BCUT2D eigenvalue weighted by atomic mass is 10.1. The molecule has 0 aromatic carbocycles. The maximum Gasteiger partial charge on any atom is 0.357 e. The van der Waals surface area contributed by atoms with Crippen LogP contribution in [0.25, 0.3) is 0 Å². The van der Waals surface area contributed by atoms with Crippen molar-refractivity contribution in [2.75, 3.05) is 6.61 Å². The van der Waals surface area contributed by atoms with E-state index >= 15 is 0 Å². The van der Waals surface area contributed by atoms with Crippen LogP contribution in [0.1, 0.15) is 150 Å². The van der Waals surface area contributed by atoms with Crippen LogP contribution in [0, 0.1) is 55.4 Å². The Balaban J connectivity index is 0.000000302. The van der Waals surface area contributed by atoms with Crippen LogP contribution in [0.4, 0.5) is 0 Å². The molecule has 0 fully saturated rings.